The van der Waals surface area contributed by atoms with E-state index >= 15 is 0 Å². The Labute approximate surface area is 159 Å². The van der Waals surface area contributed by atoms with E-state index in [4.69, 9.17) is 5.26 Å². The number of amides is 1. The largest absolute Gasteiger partial charge is 0.369 e. The summed E-state index contributed by atoms with van der Waals surface area (Å²) in [5.74, 6) is 0.352. The van der Waals surface area contributed by atoms with Crippen molar-refractivity contribution in [2.45, 2.75) is 39.2 Å². The molecule has 1 saturated heterocycles. The van der Waals surface area contributed by atoms with Crippen molar-refractivity contribution in [1.29, 1.82) is 5.26 Å². The number of likely N-dealkylation sites (tertiary alicyclic amines) is 1. The van der Waals surface area contributed by atoms with Gasteiger partial charge in [-0.15, -0.1) is 0 Å². The van der Waals surface area contributed by atoms with Crippen molar-refractivity contribution >= 4 is 28.4 Å². The lowest BCUT2D eigenvalue weighted by Gasteiger charge is -2.43. The van der Waals surface area contributed by atoms with Gasteiger partial charge in [-0.3, -0.25) is 9.59 Å². The van der Waals surface area contributed by atoms with Gasteiger partial charge in [-0.25, -0.2) is 4.98 Å². The lowest BCUT2D eigenvalue weighted by atomic mass is 9.91. The number of carbonyl (C=O) groups is 2. The first-order valence-corrected chi connectivity index (χ1v) is 9.24. The van der Waals surface area contributed by atoms with E-state index in [0.29, 0.717) is 25.4 Å². The van der Waals surface area contributed by atoms with Gasteiger partial charge in [0.1, 0.15) is 17.9 Å². The van der Waals surface area contributed by atoms with E-state index < -0.39 is 0 Å². The van der Waals surface area contributed by atoms with Crippen LogP contribution in [-0.4, -0.2) is 52.7 Å². The van der Waals surface area contributed by atoms with Crippen LogP contribution in [0.2, 0.25) is 0 Å². The first-order valence-electron chi connectivity index (χ1n) is 9.24. The van der Waals surface area contributed by atoms with Gasteiger partial charge in [0.15, 0.2) is 0 Å². The van der Waals surface area contributed by atoms with Crippen molar-refractivity contribution in [3.05, 3.63) is 24.0 Å². The molecule has 2 aromatic rings. The number of H-pyrrole nitrogens is 1. The molecule has 0 aliphatic carbocycles. The molecule has 0 unspecified atom stereocenters. The Morgan fingerprint density at radius 2 is 2.26 bits per heavy atom. The topological polar surface area (TPSA) is 93.1 Å². The molecule has 0 radical (unpaired) electrons. The number of nitrogens with one attached hydrogen (secondary N) is 1. The SMILES string of the molecule is CC(=O)Cc1cnc2[nH]ccc2c1N(C)[C@H]1CN(C(=O)CC#N)CC[C@H]1C. The lowest BCUT2D eigenvalue weighted by molar-refractivity contribution is -0.131. The monoisotopic (exact) mass is 367 g/mol. The van der Waals surface area contributed by atoms with Crippen molar-refractivity contribution < 1.29 is 9.59 Å². The minimum absolute atomic E-state index is 0.0856. The molecule has 0 bridgehead atoms. The second kappa shape index (κ2) is 7.78. The first kappa shape index (κ1) is 18.9. The predicted molar refractivity (Wildman–Crippen MR) is 103 cm³/mol. The molecule has 3 rings (SSSR count). The molecule has 142 valence electrons. The van der Waals surface area contributed by atoms with Gasteiger partial charge in [0.25, 0.3) is 0 Å². The van der Waals surface area contributed by atoms with Crippen LogP contribution in [0.3, 0.4) is 0 Å². The number of carbonyl (C=O) groups excluding carboxylic acids is 2. The Balaban J connectivity index is 1.97. The number of pyridine rings is 1. The summed E-state index contributed by atoms with van der Waals surface area (Å²) in [5.41, 5.74) is 2.66. The lowest BCUT2D eigenvalue weighted by Crippen LogP contribution is -2.52. The van der Waals surface area contributed by atoms with E-state index in [1.807, 2.05) is 25.4 Å². The normalized spacial score (nSPS) is 19.7. The highest BCUT2D eigenvalue weighted by atomic mass is 16.2. The van der Waals surface area contributed by atoms with Gasteiger partial charge in [0.2, 0.25) is 5.91 Å². The minimum atomic E-state index is -0.117. The predicted octanol–water partition coefficient (Wildman–Crippen LogP) is 2.28. The third-order valence-electron chi connectivity index (χ3n) is 5.43. The number of piperidine rings is 1. The van der Waals surface area contributed by atoms with Crippen LogP contribution in [0.4, 0.5) is 5.69 Å². The van der Waals surface area contributed by atoms with Gasteiger partial charge in [0.05, 0.1) is 11.8 Å². The van der Waals surface area contributed by atoms with Crippen LogP contribution in [0.5, 0.6) is 0 Å². The van der Waals surface area contributed by atoms with Crippen LogP contribution in [0.15, 0.2) is 18.5 Å². The van der Waals surface area contributed by atoms with Crippen molar-refractivity contribution in [2.24, 2.45) is 5.92 Å². The maximum atomic E-state index is 12.2. The number of fused-ring (bicyclic) bond motifs is 1. The van der Waals surface area contributed by atoms with Gasteiger partial charge >= 0.3 is 0 Å². The van der Waals surface area contributed by atoms with Crippen LogP contribution in [0, 0.1) is 17.2 Å². The number of aromatic nitrogens is 2. The van der Waals surface area contributed by atoms with E-state index in [9.17, 15) is 9.59 Å². The van der Waals surface area contributed by atoms with Crippen molar-refractivity contribution in [3.8, 4) is 6.07 Å². The summed E-state index contributed by atoms with van der Waals surface area (Å²) in [6, 6.07) is 4.03. The number of nitriles is 1. The quantitative estimate of drug-likeness (QED) is 0.875. The summed E-state index contributed by atoms with van der Waals surface area (Å²) in [4.78, 5) is 35.5. The summed E-state index contributed by atoms with van der Waals surface area (Å²) in [5, 5.41) is 9.81. The average Bonchev–Trinajstić information content (AvgIpc) is 3.09. The molecular formula is C20H25N5O2. The number of hydrogen-bond donors (Lipinski definition) is 1. The highest BCUT2D eigenvalue weighted by Gasteiger charge is 2.33. The van der Waals surface area contributed by atoms with E-state index in [1.54, 1.807) is 18.0 Å². The standard InChI is InChI=1S/C20H25N5O2/c1-13-6-9-25(18(27)4-7-21)12-17(13)24(3)19-15(10-14(2)26)11-23-20-16(19)5-8-22-20/h5,8,11,13,17H,4,6,9-10,12H2,1-3H3,(H,22,23)/t13-,17+/m1/s1. The van der Waals surface area contributed by atoms with Gasteiger partial charge in [0, 0.05) is 55.9 Å². The number of hydrogen-bond acceptors (Lipinski definition) is 5. The molecule has 7 nitrogen and oxygen atoms in total. The Bertz CT molecular complexity index is 897. The van der Waals surface area contributed by atoms with Crippen molar-refractivity contribution in [3.63, 3.8) is 0 Å². The molecule has 2 atom stereocenters. The summed E-state index contributed by atoms with van der Waals surface area (Å²) < 4.78 is 0. The number of nitrogens with zero attached hydrogens (tertiary/aromatic N) is 4. The molecule has 1 amide bonds. The summed E-state index contributed by atoms with van der Waals surface area (Å²) in [6.07, 6.45) is 4.73. The Kier molecular flexibility index (Phi) is 5.45. The third-order valence-corrected chi connectivity index (χ3v) is 5.43. The summed E-state index contributed by atoms with van der Waals surface area (Å²) in [7, 11) is 2.02. The van der Waals surface area contributed by atoms with Crippen LogP contribution in [0.1, 0.15) is 32.3 Å². The number of aromatic amines is 1. The van der Waals surface area contributed by atoms with Crippen LogP contribution < -0.4 is 4.90 Å². The fourth-order valence-corrected chi connectivity index (χ4v) is 3.97. The molecule has 2 aromatic heterocycles. The molecule has 0 spiro atoms. The zero-order valence-corrected chi connectivity index (χ0v) is 16.0. The molecule has 0 aromatic carbocycles. The highest BCUT2D eigenvalue weighted by Crippen LogP contribution is 2.33. The molecule has 1 N–H and O–H groups in total. The van der Waals surface area contributed by atoms with Crippen LogP contribution in [0.25, 0.3) is 11.0 Å². The second-order valence-corrected chi connectivity index (χ2v) is 7.37. The third kappa shape index (κ3) is 3.80. The summed E-state index contributed by atoms with van der Waals surface area (Å²) >= 11 is 0. The maximum Gasteiger partial charge on any atom is 0.236 e. The fourth-order valence-electron chi connectivity index (χ4n) is 3.97. The van der Waals surface area contributed by atoms with Gasteiger partial charge in [-0.05, 0) is 25.3 Å². The van der Waals surface area contributed by atoms with E-state index in [1.165, 1.54) is 0 Å². The average molecular weight is 367 g/mol. The second-order valence-electron chi connectivity index (χ2n) is 7.37. The number of Topliss-reactive ketones (excluding diaryl/α,β-unsaturated/α-hetero) is 1. The van der Waals surface area contributed by atoms with Gasteiger partial charge in [-0.1, -0.05) is 6.92 Å². The number of likely N-dealkylation sites (N-methyl/N-ethyl adjacent to an activating group) is 1. The van der Waals surface area contributed by atoms with E-state index in [0.717, 1.165) is 28.7 Å². The molecular weight excluding hydrogens is 342 g/mol. The van der Waals surface area contributed by atoms with Gasteiger partial charge in [-0.2, -0.15) is 5.26 Å². The van der Waals surface area contributed by atoms with E-state index in [2.05, 4.69) is 21.8 Å². The molecule has 3 heterocycles. The molecule has 1 fully saturated rings. The van der Waals surface area contributed by atoms with Crippen molar-refractivity contribution in [2.75, 3.05) is 25.0 Å². The first-order chi connectivity index (χ1) is 12.9. The molecule has 1 aliphatic heterocycles. The molecule has 1 aliphatic rings. The van der Waals surface area contributed by atoms with Crippen molar-refractivity contribution in [1.82, 2.24) is 14.9 Å². The highest BCUT2D eigenvalue weighted by molar-refractivity contribution is 5.94. The minimum Gasteiger partial charge on any atom is -0.369 e. The Hall–Kier alpha value is -2.88. The number of rotatable bonds is 5. The molecule has 0 saturated carbocycles. The Morgan fingerprint density at radius 3 is 2.96 bits per heavy atom. The zero-order chi connectivity index (χ0) is 19.6. The zero-order valence-electron chi connectivity index (χ0n) is 16.0. The number of anilines is 1. The molecule has 27 heavy (non-hydrogen) atoms. The number of ketones is 1. The van der Waals surface area contributed by atoms with Crippen LogP contribution >= 0.6 is 0 Å². The maximum absolute atomic E-state index is 12.2. The van der Waals surface area contributed by atoms with Gasteiger partial charge < -0.3 is 14.8 Å². The fraction of sp³-hybridized carbons (Fsp3) is 0.500. The molecule has 7 heteroatoms. The summed E-state index contributed by atoms with van der Waals surface area (Å²) in [6.45, 7) is 5.03. The van der Waals surface area contributed by atoms with E-state index in [-0.39, 0.29) is 24.2 Å². The Morgan fingerprint density at radius 1 is 1.48 bits per heavy atom. The van der Waals surface area contributed by atoms with Crippen LogP contribution in [-0.2, 0) is 16.0 Å². The smallest absolute Gasteiger partial charge is 0.236 e.